The fourth-order valence-corrected chi connectivity index (χ4v) is 3.32. The first-order valence-corrected chi connectivity index (χ1v) is 9.25. The number of benzene rings is 1. The largest absolute Gasteiger partial charge is 0.389 e. The van der Waals surface area contributed by atoms with E-state index in [4.69, 9.17) is 5.11 Å². The van der Waals surface area contributed by atoms with Gasteiger partial charge >= 0.3 is 0 Å². The van der Waals surface area contributed by atoms with Crippen LogP contribution in [0.25, 0.3) is 10.9 Å². The SMILES string of the molecule is O=C(CNC(=O)c1cc2cc(F)cc(F)c2[nH]1)NC(CC1CCNC1=O)C(=O)CO. The molecule has 0 radical (unpaired) electrons. The maximum atomic E-state index is 13.7. The van der Waals surface area contributed by atoms with Crippen molar-refractivity contribution in [1.29, 1.82) is 0 Å². The lowest BCUT2D eigenvalue weighted by molar-refractivity contribution is -0.130. The number of hydrogen-bond acceptors (Lipinski definition) is 5. The van der Waals surface area contributed by atoms with Gasteiger partial charge in [0.1, 0.15) is 23.9 Å². The van der Waals surface area contributed by atoms with Crippen LogP contribution in [0.1, 0.15) is 23.3 Å². The molecule has 0 spiro atoms. The average molecular weight is 422 g/mol. The third kappa shape index (κ3) is 4.79. The van der Waals surface area contributed by atoms with Gasteiger partial charge in [-0.2, -0.15) is 0 Å². The van der Waals surface area contributed by atoms with E-state index in [1.807, 2.05) is 0 Å². The molecule has 2 unspecified atom stereocenters. The molecule has 2 heterocycles. The van der Waals surface area contributed by atoms with E-state index in [0.29, 0.717) is 19.0 Å². The highest BCUT2D eigenvalue weighted by atomic mass is 19.1. The Bertz CT molecular complexity index is 1010. The minimum Gasteiger partial charge on any atom is -0.389 e. The fraction of sp³-hybridized carbons (Fsp3) is 0.368. The van der Waals surface area contributed by atoms with Gasteiger partial charge in [-0.05, 0) is 25.0 Å². The first-order valence-electron chi connectivity index (χ1n) is 9.25. The number of ketones is 1. The van der Waals surface area contributed by atoms with Crippen molar-refractivity contribution in [1.82, 2.24) is 20.9 Å². The van der Waals surface area contributed by atoms with Crippen molar-refractivity contribution >= 4 is 34.4 Å². The third-order valence-corrected chi connectivity index (χ3v) is 4.86. The van der Waals surface area contributed by atoms with Crippen molar-refractivity contribution in [2.45, 2.75) is 18.9 Å². The molecule has 0 bridgehead atoms. The van der Waals surface area contributed by atoms with Crippen molar-refractivity contribution in [3.05, 3.63) is 35.5 Å². The zero-order valence-electron chi connectivity index (χ0n) is 15.8. The number of halogens is 2. The van der Waals surface area contributed by atoms with Crippen LogP contribution in [-0.2, 0) is 14.4 Å². The average Bonchev–Trinajstić information content (AvgIpc) is 3.31. The molecule has 160 valence electrons. The van der Waals surface area contributed by atoms with Crippen molar-refractivity contribution in [3.63, 3.8) is 0 Å². The van der Waals surface area contributed by atoms with Crippen LogP contribution in [0.5, 0.6) is 0 Å². The number of amides is 3. The highest BCUT2D eigenvalue weighted by molar-refractivity contribution is 6.00. The zero-order valence-corrected chi connectivity index (χ0v) is 15.8. The molecule has 11 heteroatoms. The quantitative estimate of drug-likeness (QED) is 0.399. The second kappa shape index (κ2) is 8.99. The highest BCUT2D eigenvalue weighted by Crippen LogP contribution is 2.20. The van der Waals surface area contributed by atoms with Crippen LogP contribution in [0.4, 0.5) is 8.78 Å². The van der Waals surface area contributed by atoms with E-state index in [1.54, 1.807) is 0 Å². The van der Waals surface area contributed by atoms with Crippen LogP contribution in [0.15, 0.2) is 18.2 Å². The first-order chi connectivity index (χ1) is 14.3. The molecule has 2 aromatic rings. The number of fused-ring (bicyclic) bond motifs is 1. The van der Waals surface area contributed by atoms with Crippen molar-refractivity contribution in [2.24, 2.45) is 5.92 Å². The Morgan fingerprint density at radius 1 is 1.23 bits per heavy atom. The molecule has 2 atom stereocenters. The molecular formula is C19H20F2N4O5. The number of nitrogens with one attached hydrogen (secondary N) is 4. The molecule has 0 saturated carbocycles. The van der Waals surface area contributed by atoms with Gasteiger partial charge in [0.25, 0.3) is 5.91 Å². The van der Waals surface area contributed by atoms with Crippen LogP contribution in [0.3, 0.4) is 0 Å². The number of aromatic nitrogens is 1. The van der Waals surface area contributed by atoms with E-state index >= 15 is 0 Å². The summed E-state index contributed by atoms with van der Waals surface area (Å²) in [5.41, 5.74) is -0.123. The summed E-state index contributed by atoms with van der Waals surface area (Å²) < 4.78 is 27.0. The van der Waals surface area contributed by atoms with Gasteiger partial charge in [-0.3, -0.25) is 19.2 Å². The molecule has 1 fully saturated rings. The second-order valence-corrected chi connectivity index (χ2v) is 6.97. The van der Waals surface area contributed by atoms with E-state index in [9.17, 15) is 28.0 Å². The minimum atomic E-state index is -1.07. The van der Waals surface area contributed by atoms with Crippen LogP contribution in [0.2, 0.25) is 0 Å². The first kappa shape index (κ1) is 21.4. The number of aliphatic hydroxyl groups excluding tert-OH is 1. The third-order valence-electron chi connectivity index (χ3n) is 4.86. The Hall–Kier alpha value is -3.34. The van der Waals surface area contributed by atoms with Crippen LogP contribution >= 0.6 is 0 Å². The topological polar surface area (TPSA) is 140 Å². The van der Waals surface area contributed by atoms with Crippen LogP contribution in [0, 0.1) is 17.6 Å². The molecule has 1 aliphatic heterocycles. The fourth-order valence-electron chi connectivity index (χ4n) is 3.32. The van der Waals surface area contributed by atoms with Gasteiger partial charge in [0.2, 0.25) is 11.8 Å². The Labute approximate surface area is 169 Å². The van der Waals surface area contributed by atoms with Crippen molar-refractivity contribution < 1.29 is 33.1 Å². The van der Waals surface area contributed by atoms with E-state index in [1.165, 1.54) is 6.07 Å². The van der Waals surface area contributed by atoms with Gasteiger partial charge in [-0.15, -0.1) is 0 Å². The molecule has 1 aromatic carbocycles. The molecule has 9 nitrogen and oxygen atoms in total. The number of aliphatic hydroxyl groups is 1. The summed E-state index contributed by atoms with van der Waals surface area (Å²) in [6.07, 6.45) is 0.552. The Morgan fingerprint density at radius 2 is 2.00 bits per heavy atom. The number of Topliss-reactive ketones (excluding diaryl/α,β-unsaturated/α-hetero) is 1. The van der Waals surface area contributed by atoms with E-state index in [0.717, 1.165) is 6.07 Å². The molecule has 30 heavy (non-hydrogen) atoms. The summed E-state index contributed by atoms with van der Waals surface area (Å²) in [4.78, 5) is 50.5. The number of aromatic amines is 1. The molecule has 5 N–H and O–H groups in total. The summed E-state index contributed by atoms with van der Waals surface area (Å²) in [7, 11) is 0. The number of carbonyl (C=O) groups excluding carboxylic acids is 4. The number of hydrogen-bond donors (Lipinski definition) is 5. The molecule has 3 amide bonds. The smallest absolute Gasteiger partial charge is 0.268 e. The van der Waals surface area contributed by atoms with Crippen LogP contribution < -0.4 is 16.0 Å². The van der Waals surface area contributed by atoms with Gasteiger partial charge in [-0.25, -0.2) is 8.78 Å². The Morgan fingerprint density at radius 3 is 2.67 bits per heavy atom. The summed E-state index contributed by atoms with van der Waals surface area (Å²) in [6, 6.07) is 1.91. The standard InChI is InChI=1S/C19H20F2N4O5/c20-11-3-10-5-14(25-17(10)12(21)6-11)19(30)23-7-16(28)24-13(15(27)8-26)4-9-1-2-22-18(9)29/h3,5-6,9,13,25-26H,1-2,4,7-8H2,(H,22,29)(H,23,30)(H,24,28). The minimum absolute atomic E-state index is 0.0395. The van der Waals surface area contributed by atoms with Crippen LogP contribution in [-0.4, -0.2) is 59.3 Å². The summed E-state index contributed by atoms with van der Waals surface area (Å²) in [5, 5.41) is 16.6. The van der Waals surface area contributed by atoms with Gasteiger partial charge in [0.05, 0.1) is 18.1 Å². The second-order valence-electron chi connectivity index (χ2n) is 6.97. The highest BCUT2D eigenvalue weighted by Gasteiger charge is 2.31. The van der Waals surface area contributed by atoms with Gasteiger partial charge < -0.3 is 26.0 Å². The Balaban J connectivity index is 1.59. The maximum absolute atomic E-state index is 13.7. The molecule has 1 aromatic heterocycles. The van der Waals surface area contributed by atoms with Crippen molar-refractivity contribution in [3.8, 4) is 0 Å². The molecule has 0 aliphatic carbocycles. The van der Waals surface area contributed by atoms with E-state index in [-0.39, 0.29) is 28.9 Å². The number of carbonyl (C=O) groups is 4. The summed E-state index contributed by atoms with van der Waals surface area (Å²) >= 11 is 0. The number of rotatable bonds is 8. The predicted octanol–water partition coefficient (Wildman–Crippen LogP) is -0.252. The molecule has 1 saturated heterocycles. The normalized spacial score (nSPS) is 16.9. The lowest BCUT2D eigenvalue weighted by Crippen LogP contribution is -2.47. The van der Waals surface area contributed by atoms with Gasteiger partial charge in [0.15, 0.2) is 5.78 Å². The maximum Gasteiger partial charge on any atom is 0.268 e. The zero-order chi connectivity index (χ0) is 21.8. The lowest BCUT2D eigenvalue weighted by atomic mass is 9.96. The molecular weight excluding hydrogens is 402 g/mol. The predicted molar refractivity (Wildman–Crippen MR) is 100 cm³/mol. The summed E-state index contributed by atoms with van der Waals surface area (Å²) in [6.45, 7) is -0.831. The van der Waals surface area contributed by atoms with Gasteiger partial charge in [-0.1, -0.05) is 0 Å². The monoisotopic (exact) mass is 422 g/mol. The van der Waals surface area contributed by atoms with Gasteiger partial charge in [0, 0.05) is 23.9 Å². The molecule has 1 aliphatic rings. The van der Waals surface area contributed by atoms with E-state index in [2.05, 4.69) is 20.9 Å². The number of H-pyrrole nitrogens is 1. The summed E-state index contributed by atoms with van der Waals surface area (Å²) in [5.74, 6) is -4.42. The van der Waals surface area contributed by atoms with E-state index < -0.39 is 54.3 Å². The lowest BCUT2D eigenvalue weighted by Gasteiger charge is -2.19. The molecule has 3 rings (SSSR count). The Kier molecular flexibility index (Phi) is 6.40. The van der Waals surface area contributed by atoms with Crippen molar-refractivity contribution in [2.75, 3.05) is 19.7 Å².